The van der Waals surface area contributed by atoms with E-state index in [1.807, 2.05) is 0 Å². The number of carbonyl (C=O) groups is 2. The molecule has 7 heteroatoms. The second-order valence-corrected chi connectivity index (χ2v) is 4.52. The third-order valence-electron chi connectivity index (χ3n) is 2.98. The van der Waals surface area contributed by atoms with E-state index in [9.17, 15) is 9.59 Å². The first-order valence-corrected chi connectivity index (χ1v) is 6.51. The van der Waals surface area contributed by atoms with Gasteiger partial charge in [0.05, 0.1) is 6.10 Å². The first kappa shape index (κ1) is 15.7. The molecular weight excluding hydrogens is 252 g/mol. The number of nitrogens with one attached hydrogen (secondary N) is 2. The number of amides is 2. The van der Waals surface area contributed by atoms with Gasteiger partial charge in [0.1, 0.15) is 6.04 Å². The lowest BCUT2D eigenvalue weighted by Gasteiger charge is -2.23. The number of hydrogen-bond acceptors (Lipinski definition) is 4. The van der Waals surface area contributed by atoms with Crippen molar-refractivity contribution < 1.29 is 24.2 Å². The van der Waals surface area contributed by atoms with Crippen molar-refractivity contribution in [3.8, 4) is 0 Å². The summed E-state index contributed by atoms with van der Waals surface area (Å²) in [6.07, 6.45) is 3.34. The number of methoxy groups -OCH3 is 1. The average Bonchev–Trinajstić information content (AvgIpc) is 2.42. The van der Waals surface area contributed by atoms with Gasteiger partial charge in [-0.2, -0.15) is 0 Å². The van der Waals surface area contributed by atoms with Crippen molar-refractivity contribution in [2.24, 2.45) is 0 Å². The summed E-state index contributed by atoms with van der Waals surface area (Å²) in [6.45, 7) is 1.41. The highest BCUT2D eigenvalue weighted by atomic mass is 16.5. The molecule has 0 saturated carbocycles. The fourth-order valence-electron chi connectivity index (χ4n) is 1.88. The highest BCUT2D eigenvalue weighted by molar-refractivity contribution is 5.82. The lowest BCUT2D eigenvalue weighted by atomic mass is 10.1. The topological polar surface area (TPSA) is 96.9 Å². The summed E-state index contributed by atoms with van der Waals surface area (Å²) in [5.74, 6) is -1.07. The smallest absolute Gasteiger partial charge is 0.326 e. The molecule has 3 N–H and O–H groups in total. The number of aliphatic carboxylic acids is 1. The molecule has 0 bridgehead atoms. The number of rotatable bonds is 7. The van der Waals surface area contributed by atoms with Gasteiger partial charge in [0.2, 0.25) is 0 Å². The Morgan fingerprint density at radius 2 is 2.26 bits per heavy atom. The first-order chi connectivity index (χ1) is 9.13. The van der Waals surface area contributed by atoms with Crippen LogP contribution in [0.4, 0.5) is 4.79 Å². The Labute approximate surface area is 112 Å². The Balaban J connectivity index is 2.25. The van der Waals surface area contributed by atoms with Gasteiger partial charge < -0.3 is 25.2 Å². The molecule has 0 spiro atoms. The summed E-state index contributed by atoms with van der Waals surface area (Å²) in [4.78, 5) is 22.5. The van der Waals surface area contributed by atoms with Gasteiger partial charge in [-0.05, 0) is 19.3 Å². The predicted molar refractivity (Wildman–Crippen MR) is 68.0 cm³/mol. The Kier molecular flexibility index (Phi) is 7.20. The van der Waals surface area contributed by atoms with Crippen LogP contribution in [0.25, 0.3) is 0 Å². The van der Waals surface area contributed by atoms with Crippen molar-refractivity contribution in [1.29, 1.82) is 0 Å². The van der Waals surface area contributed by atoms with Crippen LogP contribution >= 0.6 is 0 Å². The molecule has 1 heterocycles. The third kappa shape index (κ3) is 6.40. The number of carboxylic acids is 1. The van der Waals surface area contributed by atoms with Gasteiger partial charge in [0.15, 0.2) is 0 Å². The Morgan fingerprint density at radius 1 is 1.47 bits per heavy atom. The van der Waals surface area contributed by atoms with E-state index >= 15 is 0 Å². The minimum Gasteiger partial charge on any atom is -0.480 e. The molecule has 0 aliphatic carbocycles. The van der Waals surface area contributed by atoms with Crippen molar-refractivity contribution in [1.82, 2.24) is 10.6 Å². The summed E-state index contributed by atoms with van der Waals surface area (Å²) in [5, 5.41) is 14.0. The average molecular weight is 274 g/mol. The van der Waals surface area contributed by atoms with Crippen molar-refractivity contribution in [3.05, 3.63) is 0 Å². The van der Waals surface area contributed by atoms with E-state index in [2.05, 4.69) is 10.6 Å². The zero-order valence-electron chi connectivity index (χ0n) is 11.2. The molecule has 0 aromatic rings. The fraction of sp³-hybridized carbons (Fsp3) is 0.833. The van der Waals surface area contributed by atoms with Gasteiger partial charge >= 0.3 is 12.0 Å². The molecule has 1 rings (SSSR count). The summed E-state index contributed by atoms with van der Waals surface area (Å²) < 4.78 is 10.3. The zero-order chi connectivity index (χ0) is 14.1. The van der Waals surface area contributed by atoms with Crippen LogP contribution in [0.1, 0.15) is 25.7 Å². The third-order valence-corrected chi connectivity index (χ3v) is 2.98. The van der Waals surface area contributed by atoms with Crippen LogP contribution in [0.3, 0.4) is 0 Å². The molecule has 1 saturated heterocycles. The van der Waals surface area contributed by atoms with E-state index in [1.54, 1.807) is 0 Å². The first-order valence-electron chi connectivity index (χ1n) is 6.51. The molecule has 0 radical (unpaired) electrons. The number of hydrogen-bond donors (Lipinski definition) is 3. The van der Waals surface area contributed by atoms with Crippen molar-refractivity contribution in [2.45, 2.75) is 37.8 Å². The maximum Gasteiger partial charge on any atom is 0.326 e. The van der Waals surface area contributed by atoms with Gasteiger partial charge in [-0.15, -0.1) is 0 Å². The van der Waals surface area contributed by atoms with Crippen LogP contribution in [-0.2, 0) is 14.3 Å². The highest BCUT2D eigenvalue weighted by Gasteiger charge is 2.20. The van der Waals surface area contributed by atoms with Crippen LogP contribution < -0.4 is 10.6 Å². The predicted octanol–water partition coefficient (Wildman–Crippen LogP) is 0.344. The zero-order valence-corrected chi connectivity index (χ0v) is 11.2. The summed E-state index contributed by atoms with van der Waals surface area (Å²) in [6, 6.07) is -1.43. The normalized spacial score (nSPS) is 20.6. The van der Waals surface area contributed by atoms with E-state index in [0.717, 1.165) is 25.9 Å². The monoisotopic (exact) mass is 274 g/mol. The molecule has 1 aliphatic heterocycles. The van der Waals surface area contributed by atoms with Gasteiger partial charge in [0, 0.05) is 33.3 Å². The van der Waals surface area contributed by atoms with Crippen LogP contribution in [0, 0.1) is 0 Å². The maximum atomic E-state index is 11.6. The molecule has 2 atom stereocenters. The minimum atomic E-state index is -1.07. The van der Waals surface area contributed by atoms with Gasteiger partial charge in [-0.1, -0.05) is 0 Å². The van der Waals surface area contributed by atoms with Crippen LogP contribution in [0.15, 0.2) is 0 Å². The van der Waals surface area contributed by atoms with Crippen LogP contribution in [-0.4, -0.2) is 56.1 Å². The fourth-order valence-corrected chi connectivity index (χ4v) is 1.88. The largest absolute Gasteiger partial charge is 0.480 e. The van der Waals surface area contributed by atoms with Crippen molar-refractivity contribution >= 4 is 12.0 Å². The molecule has 0 aromatic carbocycles. The summed E-state index contributed by atoms with van der Waals surface area (Å²) in [7, 11) is 1.49. The molecule has 19 heavy (non-hydrogen) atoms. The van der Waals surface area contributed by atoms with Crippen LogP contribution in [0.2, 0.25) is 0 Å². The Morgan fingerprint density at radius 3 is 2.84 bits per heavy atom. The quantitative estimate of drug-likeness (QED) is 0.622. The van der Waals surface area contributed by atoms with E-state index in [1.165, 1.54) is 7.11 Å². The number of urea groups is 1. The standard InChI is InChI=1S/C12H22N2O5/c1-18-7-5-10(11(15)16)14-12(17)13-8-9-4-2-3-6-19-9/h9-10H,2-8H2,1H3,(H,15,16)(H2,13,14,17). The Hall–Kier alpha value is -1.34. The number of carboxylic acid groups (broad SMARTS) is 1. The molecule has 1 fully saturated rings. The highest BCUT2D eigenvalue weighted by Crippen LogP contribution is 2.11. The van der Waals surface area contributed by atoms with Crippen LogP contribution in [0.5, 0.6) is 0 Å². The SMILES string of the molecule is COCCC(NC(=O)NCC1CCCCO1)C(=O)O. The maximum absolute atomic E-state index is 11.6. The minimum absolute atomic E-state index is 0.0294. The van der Waals surface area contributed by atoms with Gasteiger partial charge in [-0.3, -0.25) is 0 Å². The molecule has 1 aliphatic rings. The molecular formula is C12H22N2O5. The summed E-state index contributed by atoms with van der Waals surface area (Å²) >= 11 is 0. The molecule has 0 aromatic heterocycles. The molecule has 110 valence electrons. The Bertz CT molecular complexity index is 292. The summed E-state index contributed by atoms with van der Waals surface area (Å²) in [5.41, 5.74) is 0. The number of ether oxygens (including phenoxy) is 2. The van der Waals surface area contributed by atoms with Crippen molar-refractivity contribution in [3.63, 3.8) is 0 Å². The van der Waals surface area contributed by atoms with E-state index in [0.29, 0.717) is 6.54 Å². The van der Waals surface area contributed by atoms with E-state index in [-0.39, 0.29) is 19.1 Å². The number of carbonyl (C=O) groups excluding carboxylic acids is 1. The van der Waals surface area contributed by atoms with E-state index in [4.69, 9.17) is 14.6 Å². The van der Waals surface area contributed by atoms with E-state index < -0.39 is 18.0 Å². The molecule has 7 nitrogen and oxygen atoms in total. The van der Waals surface area contributed by atoms with Crippen molar-refractivity contribution in [2.75, 3.05) is 26.9 Å². The second-order valence-electron chi connectivity index (χ2n) is 4.52. The molecule has 2 amide bonds. The molecule has 2 unspecified atom stereocenters. The second kappa shape index (κ2) is 8.71. The van der Waals surface area contributed by atoms with Gasteiger partial charge in [-0.25, -0.2) is 9.59 Å². The lowest BCUT2D eigenvalue weighted by Crippen LogP contribution is -2.48. The van der Waals surface area contributed by atoms with Gasteiger partial charge in [0.25, 0.3) is 0 Å². The lowest BCUT2D eigenvalue weighted by molar-refractivity contribution is -0.139.